The summed E-state index contributed by atoms with van der Waals surface area (Å²) in [6.07, 6.45) is 2.13. The van der Waals surface area contributed by atoms with Gasteiger partial charge in [0, 0.05) is 74.5 Å². The summed E-state index contributed by atoms with van der Waals surface area (Å²) < 4.78 is 14.0. The Morgan fingerprint density at radius 3 is 1.45 bits per heavy atom. The minimum atomic E-state index is 0.144. The normalized spacial score (nSPS) is 12.7. The smallest absolute Gasteiger partial charge is 0.137 e. The zero-order valence-electron chi connectivity index (χ0n) is 39.7. The van der Waals surface area contributed by atoms with Gasteiger partial charge in [-0.1, -0.05) is 129 Å². The molecule has 0 radical (unpaired) electrons. The standard InChI is InChI=1S/C64H48N6O/c1-41(2)51-38-63(70-57-29-13-8-24-49(57)50-35-34-44(37-62(50)70)71-43-19-16-18-42(36-43)67-40-66(3)58-30-14-15-31-59(58)67)65-39-52(51)64-60(68-53-25-9-4-20-45(53)46-21-5-10-26-54(46)68)32-17-33-61(64)69-55-27-11-6-22-47(55)48-23-7-12-28-56(48)69/h4-39,41H,40H2,1-3H3. The third-order valence-electron chi connectivity index (χ3n) is 14.7. The monoisotopic (exact) mass is 916 g/mol. The zero-order chi connectivity index (χ0) is 47.3. The van der Waals surface area contributed by atoms with E-state index >= 15 is 0 Å². The van der Waals surface area contributed by atoms with Crippen LogP contribution in [0, 0.1) is 0 Å². The predicted octanol–water partition coefficient (Wildman–Crippen LogP) is 16.5. The van der Waals surface area contributed by atoms with Crippen LogP contribution in [0.5, 0.6) is 11.5 Å². The topological polar surface area (TPSA) is 43.4 Å². The lowest BCUT2D eigenvalue weighted by Gasteiger charge is -2.23. The van der Waals surface area contributed by atoms with Crippen molar-refractivity contribution >= 4 is 82.5 Å². The van der Waals surface area contributed by atoms with Gasteiger partial charge in [-0.3, -0.25) is 4.57 Å². The van der Waals surface area contributed by atoms with Crippen LogP contribution in [0.3, 0.4) is 0 Å². The summed E-state index contributed by atoms with van der Waals surface area (Å²) in [6, 6.07) is 76.3. The molecule has 13 aromatic rings. The lowest BCUT2D eigenvalue weighted by Crippen LogP contribution is -2.23. The van der Waals surface area contributed by atoms with Crippen LogP contribution in [-0.4, -0.2) is 32.4 Å². The molecule has 4 aromatic heterocycles. The van der Waals surface area contributed by atoms with E-state index in [2.05, 4.69) is 257 Å². The van der Waals surface area contributed by atoms with E-state index in [1.54, 1.807) is 0 Å². The molecule has 0 saturated heterocycles. The molecule has 0 amide bonds. The van der Waals surface area contributed by atoms with Crippen molar-refractivity contribution in [3.8, 4) is 39.8 Å². The largest absolute Gasteiger partial charge is 0.457 e. The van der Waals surface area contributed by atoms with E-state index in [-0.39, 0.29) is 5.92 Å². The molecule has 340 valence electrons. The van der Waals surface area contributed by atoms with Crippen molar-refractivity contribution in [3.05, 3.63) is 224 Å². The molecule has 0 N–H and O–H groups in total. The van der Waals surface area contributed by atoms with Gasteiger partial charge in [0.2, 0.25) is 0 Å². The minimum absolute atomic E-state index is 0.144. The van der Waals surface area contributed by atoms with E-state index in [4.69, 9.17) is 9.72 Å². The number of hydrogen-bond acceptors (Lipinski definition) is 4. The van der Waals surface area contributed by atoms with Crippen molar-refractivity contribution in [2.75, 3.05) is 23.5 Å². The van der Waals surface area contributed by atoms with E-state index in [0.29, 0.717) is 0 Å². The van der Waals surface area contributed by atoms with Gasteiger partial charge in [-0.05, 0) is 96.4 Å². The van der Waals surface area contributed by atoms with E-state index in [9.17, 15) is 0 Å². The Hall–Kier alpha value is -9.07. The fourth-order valence-electron chi connectivity index (χ4n) is 11.5. The van der Waals surface area contributed by atoms with Crippen molar-refractivity contribution in [1.29, 1.82) is 0 Å². The van der Waals surface area contributed by atoms with E-state index in [1.165, 1.54) is 38.5 Å². The molecule has 0 atom stereocenters. The first-order valence-electron chi connectivity index (χ1n) is 24.5. The molecular weight excluding hydrogens is 869 g/mol. The number of para-hydroxylation sites is 7. The van der Waals surface area contributed by atoms with Crippen LogP contribution in [0.1, 0.15) is 25.3 Å². The van der Waals surface area contributed by atoms with Gasteiger partial charge in [-0.2, -0.15) is 0 Å². The molecule has 0 fully saturated rings. The quantitative estimate of drug-likeness (QED) is 0.152. The van der Waals surface area contributed by atoms with Crippen LogP contribution >= 0.6 is 0 Å². The number of pyridine rings is 1. The maximum Gasteiger partial charge on any atom is 0.137 e. The van der Waals surface area contributed by atoms with Gasteiger partial charge in [0.15, 0.2) is 0 Å². The molecule has 1 aliphatic rings. The molecule has 5 heterocycles. The molecule has 7 heteroatoms. The SMILES string of the molecule is CC(C)c1cc(-n2c3ccccc3c3ccc(Oc4cccc(N5CN(C)c6ccccc65)c4)cc32)ncc1-c1c(-n2c3ccccc3c3ccccc32)cccc1-n1c2ccccc2c2ccccc21. The lowest BCUT2D eigenvalue weighted by atomic mass is 9.91. The zero-order valence-corrected chi connectivity index (χ0v) is 39.7. The van der Waals surface area contributed by atoms with Gasteiger partial charge in [0.25, 0.3) is 0 Å². The molecular formula is C64H48N6O. The second-order valence-corrected chi connectivity index (χ2v) is 19.1. The van der Waals surface area contributed by atoms with Gasteiger partial charge in [-0.25, -0.2) is 4.98 Å². The highest BCUT2D eigenvalue weighted by Gasteiger charge is 2.27. The molecule has 0 spiro atoms. The summed E-state index contributed by atoms with van der Waals surface area (Å²) in [5.41, 5.74) is 15.9. The van der Waals surface area contributed by atoms with Crippen molar-refractivity contribution in [3.63, 3.8) is 0 Å². The number of fused-ring (bicyclic) bond motifs is 10. The number of ether oxygens (including phenoxy) is 1. The van der Waals surface area contributed by atoms with E-state index in [1.807, 2.05) is 6.07 Å². The third kappa shape index (κ3) is 6.32. The van der Waals surface area contributed by atoms with Crippen LogP contribution in [0.25, 0.3) is 93.7 Å². The van der Waals surface area contributed by atoms with Crippen LogP contribution in [0.2, 0.25) is 0 Å². The molecule has 71 heavy (non-hydrogen) atoms. The van der Waals surface area contributed by atoms with E-state index in [0.717, 1.165) is 96.0 Å². The average molecular weight is 917 g/mol. The van der Waals surface area contributed by atoms with Crippen LogP contribution in [0.15, 0.2) is 219 Å². The molecule has 1 aliphatic heterocycles. The molecule has 0 unspecified atom stereocenters. The fourth-order valence-corrected chi connectivity index (χ4v) is 11.5. The molecule has 9 aromatic carbocycles. The molecule has 7 nitrogen and oxygen atoms in total. The summed E-state index contributed by atoms with van der Waals surface area (Å²) in [7, 11) is 2.14. The Bertz CT molecular complexity index is 4030. The fraction of sp³-hybridized carbons (Fsp3) is 0.0781. The van der Waals surface area contributed by atoms with Crippen LogP contribution in [-0.2, 0) is 0 Å². The Morgan fingerprint density at radius 1 is 0.423 bits per heavy atom. The first-order valence-corrected chi connectivity index (χ1v) is 24.5. The Balaban J connectivity index is 0.966. The highest BCUT2D eigenvalue weighted by molar-refractivity contribution is 6.13. The summed E-state index contributed by atoms with van der Waals surface area (Å²) in [5.74, 6) is 2.54. The summed E-state index contributed by atoms with van der Waals surface area (Å²) in [4.78, 5) is 10.1. The van der Waals surface area contributed by atoms with Crippen LogP contribution < -0.4 is 14.5 Å². The number of benzene rings is 9. The highest BCUT2D eigenvalue weighted by Crippen LogP contribution is 2.46. The number of nitrogens with zero attached hydrogens (tertiary/aromatic N) is 6. The number of hydrogen-bond donors (Lipinski definition) is 0. The van der Waals surface area contributed by atoms with Gasteiger partial charge in [-0.15, -0.1) is 0 Å². The summed E-state index contributed by atoms with van der Waals surface area (Å²) in [5, 5.41) is 7.20. The molecule has 0 aliphatic carbocycles. The van der Waals surface area contributed by atoms with Crippen LogP contribution in [0.4, 0.5) is 17.1 Å². The predicted molar refractivity (Wildman–Crippen MR) is 295 cm³/mol. The van der Waals surface area contributed by atoms with Crippen molar-refractivity contribution in [1.82, 2.24) is 18.7 Å². The number of rotatable bonds is 8. The first-order chi connectivity index (χ1) is 35.0. The minimum Gasteiger partial charge on any atom is -0.457 e. The Morgan fingerprint density at radius 2 is 0.887 bits per heavy atom. The number of anilines is 3. The van der Waals surface area contributed by atoms with E-state index < -0.39 is 0 Å². The third-order valence-corrected chi connectivity index (χ3v) is 14.7. The first kappa shape index (κ1) is 40.9. The van der Waals surface area contributed by atoms with Gasteiger partial charge < -0.3 is 23.7 Å². The second-order valence-electron chi connectivity index (χ2n) is 19.1. The second kappa shape index (κ2) is 16.0. The van der Waals surface area contributed by atoms with Crippen molar-refractivity contribution in [2.24, 2.45) is 0 Å². The van der Waals surface area contributed by atoms with Crippen molar-refractivity contribution < 1.29 is 4.74 Å². The maximum atomic E-state index is 6.77. The molecule has 14 rings (SSSR count). The maximum absolute atomic E-state index is 6.77. The van der Waals surface area contributed by atoms with Crippen molar-refractivity contribution in [2.45, 2.75) is 19.8 Å². The summed E-state index contributed by atoms with van der Waals surface area (Å²) in [6.45, 7) is 5.37. The highest BCUT2D eigenvalue weighted by atomic mass is 16.5. The lowest BCUT2D eigenvalue weighted by molar-refractivity contribution is 0.483. The molecule has 0 bridgehead atoms. The van der Waals surface area contributed by atoms with Gasteiger partial charge in [0.1, 0.15) is 17.3 Å². The Labute approximate surface area is 411 Å². The number of aromatic nitrogens is 4. The Kier molecular flexibility index (Phi) is 9.23. The summed E-state index contributed by atoms with van der Waals surface area (Å²) >= 11 is 0. The van der Waals surface area contributed by atoms with Gasteiger partial charge in [0.05, 0.1) is 62.5 Å². The molecule has 0 saturated carbocycles. The average Bonchev–Trinajstić information content (AvgIpc) is 4.15. The van der Waals surface area contributed by atoms with Gasteiger partial charge >= 0.3 is 0 Å².